The van der Waals surface area contributed by atoms with Gasteiger partial charge in [0.2, 0.25) is 0 Å². The molecule has 1 atom stereocenters. The Morgan fingerprint density at radius 3 is 3.05 bits per heavy atom. The second kappa shape index (κ2) is 5.66. The van der Waals surface area contributed by atoms with Crippen molar-refractivity contribution in [3.63, 3.8) is 0 Å². The van der Waals surface area contributed by atoms with Gasteiger partial charge in [0, 0.05) is 4.88 Å². The Labute approximate surface area is 124 Å². The first-order chi connectivity index (χ1) is 9.65. The van der Waals surface area contributed by atoms with Gasteiger partial charge in [-0.1, -0.05) is 6.92 Å². The molecule has 0 saturated carbocycles. The van der Waals surface area contributed by atoms with Crippen LogP contribution in [-0.2, 0) is 12.8 Å². The van der Waals surface area contributed by atoms with Crippen LogP contribution in [0.3, 0.4) is 0 Å². The van der Waals surface area contributed by atoms with Crippen LogP contribution in [0.2, 0.25) is 0 Å². The molecule has 0 aliphatic heterocycles. The van der Waals surface area contributed by atoms with E-state index in [-0.39, 0.29) is 0 Å². The maximum Gasteiger partial charge on any atom is 0.138 e. The van der Waals surface area contributed by atoms with E-state index in [1.165, 1.54) is 40.0 Å². The van der Waals surface area contributed by atoms with Gasteiger partial charge in [0.1, 0.15) is 17.0 Å². The van der Waals surface area contributed by atoms with E-state index >= 15 is 0 Å². The summed E-state index contributed by atoms with van der Waals surface area (Å²) in [5.41, 5.74) is 1.50. The van der Waals surface area contributed by atoms with Crippen LogP contribution in [0.1, 0.15) is 23.8 Å². The second-order valence-corrected chi connectivity index (χ2v) is 7.22. The molecule has 4 nitrogen and oxygen atoms in total. The van der Waals surface area contributed by atoms with Crippen molar-refractivity contribution in [1.82, 2.24) is 9.97 Å². The maximum atomic E-state index is 4.48. The Morgan fingerprint density at radius 1 is 1.40 bits per heavy atom. The lowest BCUT2D eigenvalue weighted by Gasteiger charge is -2.18. The Kier molecular flexibility index (Phi) is 3.89. The molecule has 0 radical (unpaired) electrons. The fraction of sp³-hybridized carbons (Fsp3) is 0.600. The molecule has 0 aromatic carbocycles. The summed E-state index contributed by atoms with van der Waals surface area (Å²) in [5, 5.41) is 4.79. The molecule has 0 unspecified atom stereocenters. The summed E-state index contributed by atoms with van der Waals surface area (Å²) in [4.78, 5) is 13.1. The molecule has 0 spiro atoms. The molecule has 0 bridgehead atoms. The summed E-state index contributed by atoms with van der Waals surface area (Å²) in [6, 6.07) is 0. The van der Waals surface area contributed by atoms with Crippen molar-refractivity contribution >= 4 is 27.4 Å². The van der Waals surface area contributed by atoms with Gasteiger partial charge in [0.25, 0.3) is 0 Å². The molecule has 2 aromatic rings. The van der Waals surface area contributed by atoms with E-state index in [2.05, 4.69) is 36.3 Å². The highest BCUT2D eigenvalue weighted by Gasteiger charge is 2.23. The van der Waals surface area contributed by atoms with Crippen molar-refractivity contribution in [2.75, 3.05) is 32.5 Å². The standard InChI is InChI=1S/C15H22N4S/c1-10-4-5-12-11(8-10)13-14(16-6-7-19(2)3)17-9-18-15(13)20-12/h9-10H,4-8H2,1-3H3,(H,16,17,18)/p+1/t10-/m0/s1. The number of quaternary nitrogens is 1. The van der Waals surface area contributed by atoms with Crippen LogP contribution < -0.4 is 10.2 Å². The first kappa shape index (κ1) is 13.8. The number of aryl methyl sites for hydroxylation is 1. The summed E-state index contributed by atoms with van der Waals surface area (Å²) >= 11 is 1.86. The number of thiophene rings is 1. The van der Waals surface area contributed by atoms with Gasteiger partial charge < -0.3 is 10.2 Å². The third-order valence-electron chi connectivity index (χ3n) is 4.00. The number of rotatable bonds is 4. The highest BCUT2D eigenvalue weighted by atomic mass is 32.1. The Morgan fingerprint density at radius 2 is 2.25 bits per heavy atom. The summed E-state index contributed by atoms with van der Waals surface area (Å²) < 4.78 is 0. The SMILES string of the molecule is C[C@H]1CCc2sc3ncnc(NCC[NH+](C)C)c3c2C1. The van der Waals surface area contributed by atoms with Crippen molar-refractivity contribution in [2.45, 2.75) is 26.2 Å². The number of hydrogen-bond donors (Lipinski definition) is 2. The third kappa shape index (κ3) is 2.65. The van der Waals surface area contributed by atoms with Gasteiger partial charge in [-0.2, -0.15) is 0 Å². The van der Waals surface area contributed by atoms with Gasteiger partial charge >= 0.3 is 0 Å². The van der Waals surface area contributed by atoms with E-state index in [1.54, 1.807) is 6.33 Å². The van der Waals surface area contributed by atoms with E-state index in [0.29, 0.717) is 0 Å². The minimum Gasteiger partial charge on any atom is -0.364 e. The number of anilines is 1. The molecule has 0 fully saturated rings. The highest BCUT2D eigenvalue weighted by Crippen LogP contribution is 2.39. The maximum absolute atomic E-state index is 4.48. The monoisotopic (exact) mass is 291 g/mol. The van der Waals surface area contributed by atoms with Crippen molar-refractivity contribution in [2.24, 2.45) is 5.92 Å². The lowest BCUT2D eigenvalue weighted by atomic mass is 9.88. The molecule has 108 valence electrons. The fourth-order valence-electron chi connectivity index (χ4n) is 2.85. The molecule has 2 N–H and O–H groups in total. The van der Waals surface area contributed by atoms with Gasteiger partial charge in [-0.15, -0.1) is 11.3 Å². The number of likely N-dealkylation sites (N-methyl/N-ethyl adjacent to an activating group) is 1. The number of aromatic nitrogens is 2. The second-order valence-electron chi connectivity index (χ2n) is 6.14. The van der Waals surface area contributed by atoms with Crippen LogP contribution in [0.25, 0.3) is 10.2 Å². The molecule has 2 aromatic heterocycles. The molecule has 2 heterocycles. The van der Waals surface area contributed by atoms with Crippen LogP contribution in [0, 0.1) is 5.92 Å². The molecule has 20 heavy (non-hydrogen) atoms. The van der Waals surface area contributed by atoms with Gasteiger partial charge in [-0.3, -0.25) is 0 Å². The van der Waals surface area contributed by atoms with E-state index in [0.717, 1.165) is 29.7 Å². The number of nitrogens with one attached hydrogen (secondary N) is 2. The Balaban J connectivity index is 1.94. The van der Waals surface area contributed by atoms with Crippen molar-refractivity contribution in [1.29, 1.82) is 0 Å². The normalized spacial score (nSPS) is 18.5. The van der Waals surface area contributed by atoms with Gasteiger partial charge in [0.15, 0.2) is 0 Å². The first-order valence-electron chi connectivity index (χ1n) is 7.43. The number of fused-ring (bicyclic) bond motifs is 3. The number of nitrogens with zero attached hydrogens (tertiary/aromatic N) is 2. The van der Waals surface area contributed by atoms with E-state index < -0.39 is 0 Å². The molecule has 0 saturated heterocycles. The van der Waals surface area contributed by atoms with E-state index in [1.807, 2.05) is 11.3 Å². The molecular formula is C15H23N4S+. The largest absolute Gasteiger partial charge is 0.364 e. The summed E-state index contributed by atoms with van der Waals surface area (Å²) in [6.45, 7) is 4.39. The molecule has 1 aliphatic rings. The lowest BCUT2D eigenvalue weighted by molar-refractivity contribution is -0.856. The summed E-state index contributed by atoms with van der Waals surface area (Å²) in [7, 11) is 4.34. The smallest absolute Gasteiger partial charge is 0.138 e. The summed E-state index contributed by atoms with van der Waals surface area (Å²) in [5.74, 6) is 1.81. The average Bonchev–Trinajstić information content (AvgIpc) is 2.77. The quantitative estimate of drug-likeness (QED) is 0.894. The Bertz CT molecular complexity index is 605. The van der Waals surface area contributed by atoms with E-state index in [4.69, 9.17) is 0 Å². The Hall–Kier alpha value is -1.20. The topological polar surface area (TPSA) is 42.2 Å². The van der Waals surface area contributed by atoms with Crippen LogP contribution in [0.4, 0.5) is 5.82 Å². The zero-order valence-corrected chi connectivity index (χ0v) is 13.3. The zero-order valence-electron chi connectivity index (χ0n) is 12.5. The zero-order chi connectivity index (χ0) is 14.1. The minimum absolute atomic E-state index is 0.777. The molecular weight excluding hydrogens is 268 g/mol. The minimum atomic E-state index is 0.777. The van der Waals surface area contributed by atoms with Crippen LogP contribution in [-0.4, -0.2) is 37.2 Å². The molecule has 1 aliphatic carbocycles. The molecule has 0 amide bonds. The first-order valence-corrected chi connectivity index (χ1v) is 8.25. The number of hydrogen-bond acceptors (Lipinski definition) is 4. The van der Waals surface area contributed by atoms with Crippen LogP contribution >= 0.6 is 11.3 Å². The average molecular weight is 291 g/mol. The predicted octanol–water partition coefficient (Wildman–Crippen LogP) is 1.37. The third-order valence-corrected chi connectivity index (χ3v) is 5.20. The van der Waals surface area contributed by atoms with Crippen LogP contribution in [0.5, 0.6) is 0 Å². The van der Waals surface area contributed by atoms with Crippen molar-refractivity contribution in [3.05, 3.63) is 16.8 Å². The molecule has 5 heteroatoms. The van der Waals surface area contributed by atoms with Crippen LogP contribution in [0.15, 0.2) is 6.33 Å². The van der Waals surface area contributed by atoms with Gasteiger partial charge in [0.05, 0.1) is 32.6 Å². The fourth-order valence-corrected chi connectivity index (χ4v) is 4.03. The van der Waals surface area contributed by atoms with Crippen molar-refractivity contribution in [3.8, 4) is 0 Å². The van der Waals surface area contributed by atoms with E-state index in [9.17, 15) is 0 Å². The lowest BCUT2D eigenvalue weighted by Crippen LogP contribution is -3.06. The predicted molar refractivity (Wildman–Crippen MR) is 84.8 cm³/mol. The van der Waals surface area contributed by atoms with Gasteiger partial charge in [-0.25, -0.2) is 9.97 Å². The summed E-state index contributed by atoms with van der Waals surface area (Å²) in [6.07, 6.45) is 5.38. The van der Waals surface area contributed by atoms with Crippen molar-refractivity contribution < 1.29 is 4.90 Å². The highest BCUT2D eigenvalue weighted by molar-refractivity contribution is 7.19. The van der Waals surface area contributed by atoms with Gasteiger partial charge in [-0.05, 0) is 30.7 Å². The molecule has 3 rings (SSSR count).